The molecule has 0 radical (unpaired) electrons. The average Bonchev–Trinajstić information content (AvgIpc) is 3.19. The quantitative estimate of drug-likeness (QED) is 0.910. The van der Waals surface area contributed by atoms with E-state index in [2.05, 4.69) is 5.10 Å². The molecule has 0 bridgehead atoms. The molecule has 1 amide bonds. The molecule has 0 aromatic carbocycles. The molecular weight excluding hydrogens is 294 g/mol. The van der Waals surface area contributed by atoms with Gasteiger partial charge in [0.05, 0.1) is 12.4 Å². The number of aromatic nitrogens is 2. The Morgan fingerprint density at radius 2 is 2.33 bits per heavy atom. The highest BCUT2D eigenvalue weighted by Crippen LogP contribution is 2.24. The first-order chi connectivity index (χ1) is 10.1. The van der Waals surface area contributed by atoms with E-state index in [0.29, 0.717) is 23.9 Å². The smallest absolute Gasteiger partial charge is 0.327 e. The van der Waals surface area contributed by atoms with Crippen LogP contribution in [0.3, 0.4) is 0 Å². The molecule has 0 spiro atoms. The Kier molecular flexibility index (Phi) is 3.70. The SMILES string of the molecule is O=C(O)C1CSCN1C(=O)c1ccc(Cn2cccn2)o1. The molecule has 3 heterocycles. The van der Waals surface area contributed by atoms with Crippen LogP contribution in [0.25, 0.3) is 0 Å². The number of carboxylic acids is 1. The monoisotopic (exact) mass is 307 g/mol. The van der Waals surface area contributed by atoms with E-state index in [1.54, 1.807) is 35.3 Å². The number of carboxylic acid groups (broad SMARTS) is 1. The molecule has 8 heteroatoms. The van der Waals surface area contributed by atoms with E-state index in [0.717, 1.165) is 0 Å². The number of hydrogen-bond donors (Lipinski definition) is 1. The van der Waals surface area contributed by atoms with Gasteiger partial charge in [-0.3, -0.25) is 9.48 Å². The van der Waals surface area contributed by atoms with E-state index in [-0.39, 0.29) is 11.7 Å². The molecule has 1 aliphatic heterocycles. The summed E-state index contributed by atoms with van der Waals surface area (Å²) >= 11 is 1.42. The number of furan rings is 1. The second kappa shape index (κ2) is 5.65. The van der Waals surface area contributed by atoms with Gasteiger partial charge in [0, 0.05) is 18.1 Å². The first-order valence-corrected chi connectivity index (χ1v) is 7.48. The van der Waals surface area contributed by atoms with E-state index in [4.69, 9.17) is 9.52 Å². The minimum absolute atomic E-state index is 0.158. The van der Waals surface area contributed by atoms with Gasteiger partial charge >= 0.3 is 5.97 Å². The van der Waals surface area contributed by atoms with Gasteiger partial charge in [0.2, 0.25) is 0 Å². The number of amides is 1. The highest BCUT2D eigenvalue weighted by molar-refractivity contribution is 7.99. The van der Waals surface area contributed by atoms with Gasteiger partial charge < -0.3 is 14.4 Å². The van der Waals surface area contributed by atoms with E-state index in [1.807, 2.05) is 0 Å². The Hall–Kier alpha value is -2.22. The van der Waals surface area contributed by atoms with Crippen LogP contribution in [0.5, 0.6) is 0 Å². The summed E-state index contributed by atoms with van der Waals surface area (Å²) in [6, 6.07) is 4.28. The first kappa shape index (κ1) is 13.7. The van der Waals surface area contributed by atoms with Crippen molar-refractivity contribution in [3.8, 4) is 0 Å². The van der Waals surface area contributed by atoms with Crippen LogP contribution >= 0.6 is 11.8 Å². The minimum atomic E-state index is -0.989. The fourth-order valence-electron chi connectivity index (χ4n) is 2.12. The molecule has 0 saturated carbocycles. The maximum Gasteiger partial charge on any atom is 0.327 e. The molecule has 7 nitrogen and oxygen atoms in total. The summed E-state index contributed by atoms with van der Waals surface area (Å²) in [5.41, 5.74) is 0. The number of carbonyl (C=O) groups excluding carboxylic acids is 1. The first-order valence-electron chi connectivity index (χ1n) is 6.33. The van der Waals surface area contributed by atoms with Crippen LogP contribution in [0.15, 0.2) is 35.0 Å². The summed E-state index contributed by atoms with van der Waals surface area (Å²) in [5.74, 6) is 0.148. The van der Waals surface area contributed by atoms with E-state index < -0.39 is 12.0 Å². The zero-order valence-electron chi connectivity index (χ0n) is 11.0. The fraction of sp³-hybridized carbons (Fsp3) is 0.308. The van der Waals surface area contributed by atoms with E-state index >= 15 is 0 Å². The Balaban J connectivity index is 1.73. The Morgan fingerprint density at radius 3 is 3.05 bits per heavy atom. The molecule has 1 fully saturated rings. The summed E-state index contributed by atoms with van der Waals surface area (Å²) in [7, 11) is 0. The lowest BCUT2D eigenvalue weighted by Gasteiger charge is -2.18. The van der Waals surface area contributed by atoms with Crippen molar-refractivity contribution in [2.45, 2.75) is 12.6 Å². The summed E-state index contributed by atoms with van der Waals surface area (Å²) < 4.78 is 7.18. The van der Waals surface area contributed by atoms with Crippen molar-refractivity contribution in [2.75, 3.05) is 11.6 Å². The zero-order valence-corrected chi connectivity index (χ0v) is 11.8. The lowest BCUT2D eigenvalue weighted by atomic mass is 10.3. The number of nitrogens with zero attached hydrogens (tertiary/aromatic N) is 3. The lowest BCUT2D eigenvalue weighted by Crippen LogP contribution is -2.41. The van der Waals surface area contributed by atoms with Gasteiger partial charge in [-0.15, -0.1) is 11.8 Å². The Labute approximate surface area is 124 Å². The van der Waals surface area contributed by atoms with Gasteiger partial charge in [-0.1, -0.05) is 0 Å². The van der Waals surface area contributed by atoms with Gasteiger partial charge in [0.15, 0.2) is 5.76 Å². The molecule has 1 unspecified atom stereocenters. The standard InChI is InChI=1S/C13H13N3O4S/c17-12(16-8-21-7-10(16)13(18)19)11-3-2-9(20-11)6-15-5-1-4-14-15/h1-5,10H,6-8H2,(H,18,19). The van der Waals surface area contributed by atoms with Crippen molar-refractivity contribution >= 4 is 23.6 Å². The summed E-state index contributed by atoms with van der Waals surface area (Å²) in [5, 5.41) is 13.2. The van der Waals surface area contributed by atoms with Crippen LogP contribution in [0, 0.1) is 0 Å². The molecule has 110 valence electrons. The number of rotatable bonds is 4. The van der Waals surface area contributed by atoms with E-state index in [9.17, 15) is 9.59 Å². The predicted molar refractivity (Wildman–Crippen MR) is 75.0 cm³/mol. The van der Waals surface area contributed by atoms with Crippen molar-refractivity contribution in [1.29, 1.82) is 0 Å². The van der Waals surface area contributed by atoms with Crippen LogP contribution < -0.4 is 0 Å². The maximum atomic E-state index is 12.3. The Morgan fingerprint density at radius 1 is 1.48 bits per heavy atom. The second-order valence-electron chi connectivity index (χ2n) is 4.60. The molecule has 2 aromatic rings. The van der Waals surface area contributed by atoms with Gasteiger partial charge in [0.25, 0.3) is 5.91 Å². The number of aliphatic carboxylic acids is 1. The van der Waals surface area contributed by atoms with Crippen molar-refractivity contribution < 1.29 is 19.1 Å². The molecule has 2 aromatic heterocycles. The van der Waals surface area contributed by atoms with Crippen LogP contribution in [0.2, 0.25) is 0 Å². The highest BCUT2D eigenvalue weighted by atomic mass is 32.2. The fourth-order valence-corrected chi connectivity index (χ4v) is 3.27. The van der Waals surface area contributed by atoms with Crippen LogP contribution in [0.1, 0.15) is 16.3 Å². The lowest BCUT2D eigenvalue weighted by molar-refractivity contribution is -0.140. The predicted octanol–water partition coefficient (Wildman–Crippen LogP) is 1.12. The van der Waals surface area contributed by atoms with Gasteiger partial charge in [0.1, 0.15) is 11.8 Å². The second-order valence-corrected chi connectivity index (χ2v) is 5.60. The van der Waals surface area contributed by atoms with Crippen LogP contribution in [-0.4, -0.2) is 49.3 Å². The average molecular weight is 307 g/mol. The number of carbonyl (C=O) groups is 2. The molecule has 1 atom stereocenters. The van der Waals surface area contributed by atoms with Crippen molar-refractivity contribution in [2.24, 2.45) is 0 Å². The summed E-state index contributed by atoms with van der Waals surface area (Å²) in [4.78, 5) is 24.7. The zero-order chi connectivity index (χ0) is 14.8. The largest absolute Gasteiger partial charge is 0.480 e. The minimum Gasteiger partial charge on any atom is -0.480 e. The topological polar surface area (TPSA) is 88.6 Å². The third-order valence-electron chi connectivity index (χ3n) is 3.18. The molecule has 0 aliphatic carbocycles. The normalized spacial score (nSPS) is 18.1. The van der Waals surface area contributed by atoms with Crippen LogP contribution in [-0.2, 0) is 11.3 Å². The number of hydrogen-bond acceptors (Lipinski definition) is 5. The van der Waals surface area contributed by atoms with Gasteiger partial charge in [-0.2, -0.15) is 5.10 Å². The third kappa shape index (κ3) is 2.80. The van der Waals surface area contributed by atoms with Gasteiger partial charge in [-0.25, -0.2) is 4.79 Å². The molecular formula is C13H13N3O4S. The van der Waals surface area contributed by atoms with Crippen LogP contribution in [0.4, 0.5) is 0 Å². The van der Waals surface area contributed by atoms with E-state index in [1.165, 1.54) is 16.7 Å². The molecule has 1 saturated heterocycles. The molecule has 3 rings (SSSR count). The maximum absolute atomic E-state index is 12.3. The third-order valence-corrected chi connectivity index (χ3v) is 4.19. The Bertz CT molecular complexity index is 652. The summed E-state index contributed by atoms with van der Waals surface area (Å²) in [6.07, 6.45) is 3.45. The summed E-state index contributed by atoms with van der Waals surface area (Å²) in [6.45, 7) is 0.428. The van der Waals surface area contributed by atoms with Crippen molar-refractivity contribution in [3.63, 3.8) is 0 Å². The highest BCUT2D eigenvalue weighted by Gasteiger charge is 2.36. The molecule has 1 N–H and O–H groups in total. The van der Waals surface area contributed by atoms with Crippen molar-refractivity contribution in [1.82, 2.24) is 14.7 Å². The van der Waals surface area contributed by atoms with Crippen molar-refractivity contribution in [3.05, 3.63) is 42.1 Å². The van der Waals surface area contributed by atoms with Gasteiger partial charge in [-0.05, 0) is 18.2 Å². The number of thioether (sulfide) groups is 1. The molecule has 21 heavy (non-hydrogen) atoms. The molecule has 1 aliphatic rings.